The summed E-state index contributed by atoms with van der Waals surface area (Å²) >= 11 is 0. The maximum absolute atomic E-state index is 10.9. The van der Waals surface area contributed by atoms with Gasteiger partial charge in [-0.2, -0.15) is 0 Å². The quantitative estimate of drug-likeness (QED) is 0.816. The zero-order chi connectivity index (χ0) is 13.9. The molecule has 0 aliphatic heterocycles. The van der Waals surface area contributed by atoms with Crippen molar-refractivity contribution in [3.8, 4) is 5.88 Å². The van der Waals surface area contributed by atoms with E-state index in [1.165, 1.54) is 6.33 Å². The van der Waals surface area contributed by atoms with Crippen molar-refractivity contribution >= 4 is 11.8 Å². The van der Waals surface area contributed by atoms with Crippen LogP contribution in [0.2, 0.25) is 0 Å². The fourth-order valence-electron chi connectivity index (χ4n) is 2.50. The van der Waals surface area contributed by atoms with E-state index in [0.717, 1.165) is 24.8 Å². The van der Waals surface area contributed by atoms with Crippen LogP contribution in [0.1, 0.15) is 31.2 Å². The molecule has 1 aliphatic carbocycles. The number of ether oxygens (including phenoxy) is 1. The minimum atomic E-state index is -0.738. The molecule has 0 atom stereocenters. The predicted molar refractivity (Wildman–Crippen MR) is 70.3 cm³/mol. The maximum atomic E-state index is 10.9. The average Bonchev–Trinajstić information content (AvgIpc) is 2.33. The Bertz CT molecular complexity index is 472. The van der Waals surface area contributed by atoms with Crippen LogP contribution in [0.15, 0.2) is 6.33 Å². The van der Waals surface area contributed by atoms with Crippen molar-refractivity contribution in [2.45, 2.75) is 32.6 Å². The molecule has 0 aromatic carbocycles. The van der Waals surface area contributed by atoms with Gasteiger partial charge in [0.1, 0.15) is 12.1 Å². The number of hydrogen-bond donors (Lipinski definition) is 2. The third-order valence-corrected chi connectivity index (χ3v) is 3.80. The van der Waals surface area contributed by atoms with Crippen molar-refractivity contribution in [3.63, 3.8) is 0 Å². The minimum absolute atomic E-state index is 0.129. The monoisotopic (exact) mass is 265 g/mol. The summed E-state index contributed by atoms with van der Waals surface area (Å²) < 4.78 is 5.14. The van der Waals surface area contributed by atoms with Crippen molar-refractivity contribution in [3.05, 3.63) is 11.9 Å². The average molecular weight is 265 g/mol. The molecule has 0 spiro atoms. The first-order valence-electron chi connectivity index (χ1n) is 6.38. The fourth-order valence-corrected chi connectivity index (χ4v) is 2.50. The van der Waals surface area contributed by atoms with Crippen LogP contribution in [0, 0.1) is 12.3 Å². The molecule has 104 valence electrons. The van der Waals surface area contributed by atoms with E-state index < -0.39 is 5.97 Å². The summed E-state index contributed by atoms with van der Waals surface area (Å²) in [5.41, 5.74) is 0.714. The number of carboxylic acids is 1. The molecule has 1 heterocycles. The van der Waals surface area contributed by atoms with Crippen LogP contribution in [-0.2, 0) is 4.79 Å². The molecule has 6 nitrogen and oxygen atoms in total. The Morgan fingerprint density at radius 3 is 2.79 bits per heavy atom. The third kappa shape index (κ3) is 2.94. The smallest absolute Gasteiger partial charge is 0.303 e. The van der Waals surface area contributed by atoms with Gasteiger partial charge in [0.2, 0.25) is 5.88 Å². The van der Waals surface area contributed by atoms with Crippen LogP contribution in [0.4, 0.5) is 5.82 Å². The Hall–Kier alpha value is -1.85. The van der Waals surface area contributed by atoms with Crippen LogP contribution in [0.25, 0.3) is 0 Å². The van der Waals surface area contributed by atoms with Gasteiger partial charge in [0.15, 0.2) is 0 Å². The molecule has 2 N–H and O–H groups in total. The summed E-state index contributed by atoms with van der Waals surface area (Å²) in [5.74, 6) is 0.514. The third-order valence-electron chi connectivity index (χ3n) is 3.80. The molecule has 1 fully saturated rings. The highest BCUT2D eigenvalue weighted by Gasteiger charge is 2.38. The second kappa shape index (κ2) is 5.42. The molecule has 0 radical (unpaired) electrons. The molecular weight excluding hydrogens is 246 g/mol. The molecule has 0 amide bonds. The molecule has 1 aliphatic rings. The van der Waals surface area contributed by atoms with Gasteiger partial charge >= 0.3 is 5.97 Å². The summed E-state index contributed by atoms with van der Waals surface area (Å²) in [6.07, 6.45) is 4.66. The number of rotatable bonds is 6. The number of nitrogens with one attached hydrogen (secondary N) is 1. The van der Waals surface area contributed by atoms with Crippen LogP contribution in [-0.4, -0.2) is 34.7 Å². The van der Waals surface area contributed by atoms with E-state index in [-0.39, 0.29) is 11.8 Å². The lowest BCUT2D eigenvalue weighted by molar-refractivity contribution is -0.141. The van der Waals surface area contributed by atoms with E-state index in [1.54, 1.807) is 7.11 Å². The normalized spacial score (nSPS) is 16.5. The van der Waals surface area contributed by atoms with Gasteiger partial charge in [-0.05, 0) is 25.2 Å². The number of hydrogen-bond acceptors (Lipinski definition) is 5. The molecule has 0 unspecified atom stereocenters. The standard InChI is InChI=1S/C13H19N3O3/c1-9-11(15-8-16-12(9)19-2)14-7-13(4-3-5-13)6-10(17)18/h8H,3-7H2,1-2H3,(H,17,18)(H,14,15,16). The Kier molecular flexibility index (Phi) is 3.87. The molecule has 19 heavy (non-hydrogen) atoms. The number of carbonyl (C=O) groups is 1. The second-order valence-corrected chi connectivity index (χ2v) is 5.13. The highest BCUT2D eigenvalue weighted by Crippen LogP contribution is 2.44. The first kappa shape index (κ1) is 13.6. The van der Waals surface area contributed by atoms with E-state index >= 15 is 0 Å². The van der Waals surface area contributed by atoms with E-state index in [0.29, 0.717) is 18.2 Å². The summed E-state index contributed by atoms with van der Waals surface area (Å²) in [6.45, 7) is 2.51. The summed E-state index contributed by atoms with van der Waals surface area (Å²) in [7, 11) is 1.57. The summed E-state index contributed by atoms with van der Waals surface area (Å²) in [5, 5.41) is 12.2. The van der Waals surface area contributed by atoms with Gasteiger partial charge in [-0.1, -0.05) is 6.42 Å². The zero-order valence-corrected chi connectivity index (χ0v) is 11.3. The summed E-state index contributed by atoms with van der Waals surface area (Å²) in [4.78, 5) is 19.1. The van der Waals surface area contributed by atoms with Crippen molar-refractivity contribution in [2.24, 2.45) is 5.41 Å². The lowest BCUT2D eigenvalue weighted by atomic mass is 9.66. The van der Waals surface area contributed by atoms with Gasteiger partial charge in [0.05, 0.1) is 19.1 Å². The molecule has 1 aromatic rings. The van der Waals surface area contributed by atoms with Crippen molar-refractivity contribution in [1.82, 2.24) is 9.97 Å². The predicted octanol–water partition coefficient (Wildman–Crippen LogP) is 1.85. The van der Waals surface area contributed by atoms with Gasteiger partial charge in [0, 0.05) is 6.54 Å². The minimum Gasteiger partial charge on any atom is -0.481 e. The molecular formula is C13H19N3O3. The zero-order valence-electron chi connectivity index (χ0n) is 11.3. The molecule has 1 saturated carbocycles. The van der Waals surface area contributed by atoms with E-state index in [4.69, 9.17) is 9.84 Å². The number of aliphatic carboxylic acids is 1. The second-order valence-electron chi connectivity index (χ2n) is 5.13. The van der Waals surface area contributed by atoms with E-state index in [1.807, 2.05) is 6.92 Å². The Morgan fingerprint density at radius 1 is 1.53 bits per heavy atom. The van der Waals surface area contributed by atoms with Crippen molar-refractivity contribution in [1.29, 1.82) is 0 Å². The van der Waals surface area contributed by atoms with Crippen LogP contribution in [0.3, 0.4) is 0 Å². The first-order chi connectivity index (χ1) is 9.06. The molecule has 6 heteroatoms. The SMILES string of the molecule is COc1ncnc(NCC2(CC(=O)O)CCC2)c1C. The van der Waals surface area contributed by atoms with Gasteiger partial charge < -0.3 is 15.2 Å². The van der Waals surface area contributed by atoms with Crippen LogP contribution in [0.5, 0.6) is 5.88 Å². The van der Waals surface area contributed by atoms with Gasteiger partial charge in [0.25, 0.3) is 0 Å². The van der Waals surface area contributed by atoms with E-state index in [9.17, 15) is 4.79 Å². The highest BCUT2D eigenvalue weighted by molar-refractivity contribution is 5.68. The largest absolute Gasteiger partial charge is 0.481 e. The number of aromatic nitrogens is 2. The van der Waals surface area contributed by atoms with Crippen molar-refractivity contribution < 1.29 is 14.6 Å². The number of methoxy groups -OCH3 is 1. The van der Waals surface area contributed by atoms with E-state index in [2.05, 4.69) is 15.3 Å². The van der Waals surface area contributed by atoms with Gasteiger partial charge in [-0.3, -0.25) is 4.79 Å². The Morgan fingerprint density at radius 2 is 2.26 bits per heavy atom. The lowest BCUT2D eigenvalue weighted by Crippen LogP contribution is -2.38. The summed E-state index contributed by atoms with van der Waals surface area (Å²) in [6, 6.07) is 0. The number of anilines is 1. The van der Waals surface area contributed by atoms with Crippen molar-refractivity contribution in [2.75, 3.05) is 19.0 Å². The lowest BCUT2D eigenvalue weighted by Gasteiger charge is -2.41. The molecule has 1 aromatic heterocycles. The maximum Gasteiger partial charge on any atom is 0.303 e. The first-order valence-corrected chi connectivity index (χ1v) is 6.38. The van der Waals surface area contributed by atoms with Gasteiger partial charge in [-0.15, -0.1) is 0 Å². The van der Waals surface area contributed by atoms with Gasteiger partial charge in [-0.25, -0.2) is 9.97 Å². The topological polar surface area (TPSA) is 84.3 Å². The molecule has 0 bridgehead atoms. The fraction of sp³-hybridized carbons (Fsp3) is 0.615. The molecule has 2 rings (SSSR count). The van der Waals surface area contributed by atoms with Crippen LogP contribution < -0.4 is 10.1 Å². The Labute approximate surface area is 112 Å². The highest BCUT2D eigenvalue weighted by atomic mass is 16.5. The Balaban J connectivity index is 2.04. The number of nitrogens with zero attached hydrogens (tertiary/aromatic N) is 2. The molecule has 0 saturated heterocycles. The number of carboxylic acid groups (broad SMARTS) is 1. The van der Waals surface area contributed by atoms with Crippen LogP contribution >= 0.6 is 0 Å².